The Morgan fingerprint density at radius 3 is 2.43 bits per heavy atom. The van der Waals surface area contributed by atoms with Gasteiger partial charge in [0, 0.05) is 11.1 Å². The van der Waals surface area contributed by atoms with E-state index >= 15 is 0 Å². The van der Waals surface area contributed by atoms with Gasteiger partial charge in [-0.25, -0.2) is 0 Å². The Kier molecular flexibility index (Phi) is 2.99. The van der Waals surface area contributed by atoms with Crippen LogP contribution in [-0.2, 0) is 4.79 Å². The van der Waals surface area contributed by atoms with Crippen molar-refractivity contribution in [2.45, 2.75) is 13.0 Å². The van der Waals surface area contributed by atoms with Crippen molar-refractivity contribution in [3.05, 3.63) is 35.4 Å². The zero-order valence-electron chi connectivity index (χ0n) is 7.73. The number of ketones is 1. The maximum atomic E-state index is 11.1. The van der Waals surface area contributed by atoms with Gasteiger partial charge in [0.2, 0.25) is 0 Å². The summed E-state index contributed by atoms with van der Waals surface area (Å²) < 4.78 is 0. The van der Waals surface area contributed by atoms with Crippen LogP contribution in [0.25, 0.3) is 0 Å². The number of aliphatic hydroxyl groups excluding tert-OH is 1. The van der Waals surface area contributed by atoms with Gasteiger partial charge in [0.1, 0.15) is 0 Å². The molecule has 1 aromatic rings. The molecule has 0 bridgehead atoms. The molecule has 1 atom stereocenters. The van der Waals surface area contributed by atoms with Crippen LogP contribution in [0.1, 0.15) is 28.9 Å². The molecule has 0 radical (unpaired) electrons. The van der Waals surface area contributed by atoms with Crippen LogP contribution in [0.3, 0.4) is 0 Å². The fourth-order valence-electron chi connectivity index (χ4n) is 1.21. The van der Waals surface area contributed by atoms with E-state index < -0.39 is 12.0 Å². The average molecular weight is 193 g/mol. The maximum Gasteiger partial charge on any atom is 0.250 e. The van der Waals surface area contributed by atoms with Gasteiger partial charge in [-0.2, -0.15) is 0 Å². The van der Waals surface area contributed by atoms with Gasteiger partial charge < -0.3 is 10.8 Å². The third-order valence-corrected chi connectivity index (χ3v) is 1.90. The maximum absolute atomic E-state index is 11.1. The van der Waals surface area contributed by atoms with E-state index in [0.717, 1.165) is 0 Å². The smallest absolute Gasteiger partial charge is 0.250 e. The third-order valence-electron chi connectivity index (χ3n) is 1.90. The third kappa shape index (κ3) is 1.97. The fourth-order valence-corrected chi connectivity index (χ4v) is 1.21. The van der Waals surface area contributed by atoms with E-state index in [9.17, 15) is 14.7 Å². The molecule has 1 rings (SSSR count). The zero-order valence-corrected chi connectivity index (χ0v) is 7.73. The second-order valence-electron chi connectivity index (χ2n) is 2.95. The van der Waals surface area contributed by atoms with E-state index in [1.54, 1.807) is 18.2 Å². The molecule has 1 aromatic carbocycles. The van der Waals surface area contributed by atoms with Crippen LogP contribution in [-0.4, -0.2) is 16.8 Å². The lowest BCUT2D eigenvalue weighted by atomic mass is 9.99. The van der Waals surface area contributed by atoms with Gasteiger partial charge in [0.15, 0.2) is 11.9 Å². The SMILES string of the molecule is CC(=O)c1ccccc1C(O)C(N)=O. The Morgan fingerprint density at radius 1 is 1.36 bits per heavy atom. The van der Waals surface area contributed by atoms with Gasteiger partial charge in [-0.05, 0) is 6.92 Å². The summed E-state index contributed by atoms with van der Waals surface area (Å²) >= 11 is 0. The van der Waals surface area contributed by atoms with Crippen LogP contribution < -0.4 is 5.73 Å². The molecule has 0 aliphatic carbocycles. The summed E-state index contributed by atoms with van der Waals surface area (Å²) in [6.45, 7) is 1.37. The van der Waals surface area contributed by atoms with Gasteiger partial charge in [0.05, 0.1) is 0 Å². The van der Waals surface area contributed by atoms with Gasteiger partial charge in [0.25, 0.3) is 5.91 Å². The number of rotatable bonds is 3. The summed E-state index contributed by atoms with van der Waals surface area (Å²) in [4.78, 5) is 21.9. The zero-order chi connectivity index (χ0) is 10.7. The number of nitrogens with two attached hydrogens (primary N) is 1. The summed E-state index contributed by atoms with van der Waals surface area (Å²) in [6.07, 6.45) is -1.42. The number of hydrogen-bond donors (Lipinski definition) is 2. The van der Waals surface area contributed by atoms with Crippen molar-refractivity contribution in [2.24, 2.45) is 5.73 Å². The van der Waals surface area contributed by atoms with Gasteiger partial charge >= 0.3 is 0 Å². The lowest BCUT2D eigenvalue weighted by molar-refractivity contribution is -0.126. The molecule has 0 aliphatic rings. The fraction of sp³-hybridized carbons (Fsp3) is 0.200. The Hall–Kier alpha value is -1.68. The van der Waals surface area contributed by atoms with Crippen molar-refractivity contribution >= 4 is 11.7 Å². The molecule has 0 saturated carbocycles. The minimum atomic E-state index is -1.42. The van der Waals surface area contributed by atoms with Crippen LogP contribution in [0, 0.1) is 0 Å². The number of primary amides is 1. The monoisotopic (exact) mass is 193 g/mol. The van der Waals surface area contributed by atoms with E-state index in [1.165, 1.54) is 13.0 Å². The molecule has 0 fully saturated rings. The van der Waals surface area contributed by atoms with Crippen molar-refractivity contribution in [1.29, 1.82) is 0 Å². The van der Waals surface area contributed by atoms with Crippen LogP contribution in [0.15, 0.2) is 24.3 Å². The topological polar surface area (TPSA) is 80.4 Å². The number of amides is 1. The molecule has 74 valence electrons. The molecule has 14 heavy (non-hydrogen) atoms. The molecular formula is C10H11NO3. The molecule has 4 nitrogen and oxygen atoms in total. The number of carbonyl (C=O) groups is 2. The molecule has 4 heteroatoms. The number of Topliss-reactive ketones (excluding diaryl/α,β-unsaturated/α-hetero) is 1. The quantitative estimate of drug-likeness (QED) is 0.682. The standard InChI is InChI=1S/C10H11NO3/c1-6(12)7-4-2-3-5-8(7)9(13)10(11)14/h2-5,9,13H,1H3,(H2,11,14). The Labute approximate surface area is 81.3 Å². The minimum Gasteiger partial charge on any atom is -0.378 e. The van der Waals surface area contributed by atoms with Gasteiger partial charge in [-0.3, -0.25) is 9.59 Å². The minimum absolute atomic E-state index is 0.207. The van der Waals surface area contributed by atoms with Crippen LogP contribution in [0.2, 0.25) is 0 Å². The van der Waals surface area contributed by atoms with E-state index in [2.05, 4.69) is 0 Å². The van der Waals surface area contributed by atoms with Gasteiger partial charge in [-0.15, -0.1) is 0 Å². The van der Waals surface area contributed by atoms with Crippen molar-refractivity contribution in [3.8, 4) is 0 Å². The first-order chi connectivity index (χ1) is 6.54. The second kappa shape index (κ2) is 4.02. The van der Waals surface area contributed by atoms with Crippen LogP contribution >= 0.6 is 0 Å². The van der Waals surface area contributed by atoms with Gasteiger partial charge in [-0.1, -0.05) is 24.3 Å². The Balaban J connectivity index is 3.19. The highest BCUT2D eigenvalue weighted by Gasteiger charge is 2.18. The lowest BCUT2D eigenvalue weighted by Crippen LogP contribution is -2.22. The van der Waals surface area contributed by atoms with Crippen LogP contribution in [0.5, 0.6) is 0 Å². The highest BCUT2D eigenvalue weighted by Crippen LogP contribution is 2.17. The van der Waals surface area contributed by atoms with Crippen molar-refractivity contribution in [1.82, 2.24) is 0 Å². The predicted molar refractivity (Wildman–Crippen MR) is 50.6 cm³/mol. The molecule has 3 N–H and O–H groups in total. The predicted octanol–water partition coefficient (Wildman–Crippen LogP) is 0.408. The number of carbonyl (C=O) groups excluding carboxylic acids is 2. The lowest BCUT2D eigenvalue weighted by Gasteiger charge is -2.10. The molecule has 0 heterocycles. The first-order valence-electron chi connectivity index (χ1n) is 4.11. The number of benzene rings is 1. The second-order valence-corrected chi connectivity index (χ2v) is 2.95. The summed E-state index contributed by atoms with van der Waals surface area (Å²) in [7, 11) is 0. The summed E-state index contributed by atoms with van der Waals surface area (Å²) in [5.41, 5.74) is 5.51. The van der Waals surface area contributed by atoms with E-state index in [1.807, 2.05) is 0 Å². The molecular weight excluding hydrogens is 182 g/mol. The van der Waals surface area contributed by atoms with Crippen molar-refractivity contribution in [2.75, 3.05) is 0 Å². The van der Waals surface area contributed by atoms with Crippen molar-refractivity contribution in [3.63, 3.8) is 0 Å². The first-order valence-corrected chi connectivity index (χ1v) is 4.11. The number of hydrogen-bond acceptors (Lipinski definition) is 3. The molecule has 0 aromatic heterocycles. The molecule has 0 spiro atoms. The largest absolute Gasteiger partial charge is 0.378 e. The molecule has 1 unspecified atom stereocenters. The van der Waals surface area contributed by atoms with E-state index in [-0.39, 0.29) is 11.3 Å². The Morgan fingerprint density at radius 2 is 1.93 bits per heavy atom. The summed E-state index contributed by atoms with van der Waals surface area (Å²) in [5.74, 6) is -1.07. The Bertz CT molecular complexity index is 373. The molecule has 1 amide bonds. The summed E-state index contributed by atoms with van der Waals surface area (Å²) in [6, 6.07) is 6.35. The summed E-state index contributed by atoms with van der Waals surface area (Å²) in [5, 5.41) is 9.40. The highest BCUT2D eigenvalue weighted by atomic mass is 16.3. The molecule has 0 saturated heterocycles. The van der Waals surface area contributed by atoms with Crippen LogP contribution in [0.4, 0.5) is 0 Å². The normalized spacial score (nSPS) is 12.1. The van der Waals surface area contributed by atoms with Crippen molar-refractivity contribution < 1.29 is 14.7 Å². The first kappa shape index (κ1) is 10.4. The van der Waals surface area contributed by atoms with E-state index in [0.29, 0.717) is 5.56 Å². The average Bonchev–Trinajstić information content (AvgIpc) is 2.16. The van der Waals surface area contributed by atoms with E-state index in [4.69, 9.17) is 5.73 Å². The highest BCUT2D eigenvalue weighted by molar-refractivity contribution is 5.97. The molecule has 0 aliphatic heterocycles. The number of aliphatic hydroxyl groups is 1.